The number of hydrogen-bond donors (Lipinski definition) is 1. The van der Waals surface area contributed by atoms with Gasteiger partial charge >= 0.3 is 6.18 Å². The SMILES string of the molecule is CCOC1C=C(c2ccc(CC(=O)Nc3cc(-n4cc(C)cn4)cc(C(F)(F)F)c3)c(F)c2)C=NC1=O. The van der Waals surface area contributed by atoms with Crippen LogP contribution in [0.25, 0.3) is 11.3 Å². The van der Waals surface area contributed by atoms with Gasteiger partial charge in [-0.25, -0.2) is 14.1 Å². The zero-order valence-corrected chi connectivity index (χ0v) is 19.8. The maximum atomic E-state index is 14.8. The molecule has 0 saturated heterocycles. The molecule has 1 aromatic heterocycles. The standard InChI is InChI=1S/C26H22F4N4O3/c1-3-37-23-7-18(13-31-25(23)36)16-4-5-17(22(27)6-16)8-24(35)33-20-9-19(26(28,29)30)10-21(11-20)34-14-15(2)12-32-34/h4-7,9-14,23H,3,8H2,1-2H3,(H,33,35). The molecule has 0 saturated carbocycles. The van der Waals surface area contributed by atoms with Crippen molar-refractivity contribution >= 4 is 29.3 Å². The number of carbonyl (C=O) groups excluding carboxylic acids is 2. The number of nitrogens with zero attached hydrogens (tertiary/aromatic N) is 3. The van der Waals surface area contributed by atoms with Crippen molar-refractivity contribution in [3.8, 4) is 5.69 Å². The minimum absolute atomic E-state index is 0.0435. The Morgan fingerprint density at radius 2 is 1.97 bits per heavy atom. The normalized spacial score (nSPS) is 15.6. The lowest BCUT2D eigenvalue weighted by Gasteiger charge is -2.15. The first-order valence-electron chi connectivity index (χ1n) is 11.3. The summed E-state index contributed by atoms with van der Waals surface area (Å²) < 4.78 is 61.8. The summed E-state index contributed by atoms with van der Waals surface area (Å²) in [6.07, 6.45) is -0.0284. The third-order valence-corrected chi connectivity index (χ3v) is 5.49. The lowest BCUT2D eigenvalue weighted by molar-refractivity contribution is -0.137. The second-order valence-electron chi connectivity index (χ2n) is 8.35. The summed E-state index contributed by atoms with van der Waals surface area (Å²) in [6.45, 7) is 3.78. The minimum atomic E-state index is -4.65. The Kier molecular flexibility index (Phi) is 7.35. The average molecular weight is 514 g/mol. The van der Waals surface area contributed by atoms with Crippen molar-refractivity contribution in [2.45, 2.75) is 32.5 Å². The highest BCUT2D eigenvalue weighted by atomic mass is 19.4. The van der Waals surface area contributed by atoms with E-state index in [4.69, 9.17) is 4.74 Å². The molecule has 1 N–H and O–H groups in total. The van der Waals surface area contributed by atoms with Gasteiger partial charge in [-0.05, 0) is 66.5 Å². The Morgan fingerprint density at radius 1 is 1.19 bits per heavy atom. The van der Waals surface area contributed by atoms with E-state index >= 15 is 0 Å². The van der Waals surface area contributed by atoms with Crippen molar-refractivity contribution in [3.63, 3.8) is 0 Å². The second kappa shape index (κ2) is 10.5. The van der Waals surface area contributed by atoms with Crippen LogP contribution in [0.2, 0.25) is 0 Å². The fourth-order valence-electron chi connectivity index (χ4n) is 3.74. The first kappa shape index (κ1) is 26.0. The number of nitrogens with one attached hydrogen (secondary N) is 1. The highest BCUT2D eigenvalue weighted by Gasteiger charge is 2.31. The van der Waals surface area contributed by atoms with Crippen molar-refractivity contribution in [1.82, 2.24) is 9.78 Å². The zero-order valence-electron chi connectivity index (χ0n) is 19.8. The van der Waals surface area contributed by atoms with E-state index in [1.807, 2.05) is 0 Å². The van der Waals surface area contributed by atoms with Crippen LogP contribution in [0.1, 0.15) is 29.2 Å². The van der Waals surface area contributed by atoms with Crippen LogP contribution in [0.4, 0.5) is 23.2 Å². The van der Waals surface area contributed by atoms with Gasteiger partial charge in [0.1, 0.15) is 5.82 Å². The molecule has 1 aliphatic rings. The highest BCUT2D eigenvalue weighted by molar-refractivity contribution is 6.17. The van der Waals surface area contributed by atoms with Crippen LogP contribution in [0, 0.1) is 12.7 Å². The number of aliphatic imine (C=N–C) groups is 1. The molecule has 0 spiro atoms. The molecule has 2 heterocycles. The fraction of sp³-hybridized carbons (Fsp3) is 0.231. The summed E-state index contributed by atoms with van der Waals surface area (Å²) in [6, 6.07) is 7.24. The smallest absolute Gasteiger partial charge is 0.364 e. The van der Waals surface area contributed by atoms with Gasteiger partial charge in [-0.2, -0.15) is 18.3 Å². The number of amides is 2. The number of ether oxygens (including phenoxy) is 1. The van der Waals surface area contributed by atoms with Crippen molar-refractivity contribution < 1.29 is 31.9 Å². The molecular weight excluding hydrogens is 492 g/mol. The molecule has 1 aliphatic heterocycles. The number of aryl methyl sites for hydroxylation is 1. The van der Waals surface area contributed by atoms with Crippen molar-refractivity contribution in [1.29, 1.82) is 0 Å². The van der Waals surface area contributed by atoms with E-state index in [0.717, 1.165) is 17.7 Å². The van der Waals surface area contributed by atoms with Gasteiger partial charge in [0, 0.05) is 24.7 Å². The molecule has 1 atom stereocenters. The predicted octanol–water partition coefficient (Wildman–Crippen LogP) is 4.92. The maximum Gasteiger partial charge on any atom is 0.416 e. The Hall–Kier alpha value is -4.12. The molecule has 2 aromatic carbocycles. The van der Waals surface area contributed by atoms with E-state index in [1.54, 1.807) is 26.1 Å². The van der Waals surface area contributed by atoms with Gasteiger partial charge in [0.25, 0.3) is 5.91 Å². The Morgan fingerprint density at radius 3 is 2.62 bits per heavy atom. The number of carbonyl (C=O) groups is 2. The monoisotopic (exact) mass is 514 g/mol. The largest absolute Gasteiger partial charge is 0.416 e. The van der Waals surface area contributed by atoms with Crippen molar-refractivity contribution in [2.24, 2.45) is 4.99 Å². The molecule has 11 heteroatoms. The molecular formula is C26H22F4N4O3. The Labute approximate surface area is 209 Å². The summed E-state index contributed by atoms with van der Waals surface area (Å²) in [5.74, 6) is -1.85. The predicted molar refractivity (Wildman–Crippen MR) is 129 cm³/mol. The van der Waals surface area contributed by atoms with E-state index in [9.17, 15) is 27.2 Å². The summed E-state index contributed by atoms with van der Waals surface area (Å²) in [7, 11) is 0. The lowest BCUT2D eigenvalue weighted by atomic mass is 10.00. The van der Waals surface area contributed by atoms with Crippen molar-refractivity contribution in [3.05, 3.63) is 82.9 Å². The number of hydrogen-bond acceptors (Lipinski definition) is 4. The van der Waals surface area contributed by atoms with Gasteiger partial charge in [-0.15, -0.1) is 0 Å². The number of rotatable bonds is 7. The van der Waals surface area contributed by atoms with Crippen molar-refractivity contribution in [2.75, 3.05) is 11.9 Å². The third-order valence-electron chi connectivity index (χ3n) is 5.49. The number of benzene rings is 2. The van der Waals surface area contributed by atoms with Gasteiger partial charge < -0.3 is 10.1 Å². The van der Waals surface area contributed by atoms with Gasteiger partial charge in [0.05, 0.1) is 23.9 Å². The first-order valence-corrected chi connectivity index (χ1v) is 11.3. The molecule has 0 aliphatic carbocycles. The van der Waals surface area contributed by atoms with E-state index in [0.29, 0.717) is 17.7 Å². The van der Waals surface area contributed by atoms with E-state index in [-0.39, 0.29) is 16.9 Å². The molecule has 1 unspecified atom stereocenters. The number of aromatic nitrogens is 2. The average Bonchev–Trinajstić information content (AvgIpc) is 3.27. The molecule has 0 radical (unpaired) electrons. The quantitative estimate of drug-likeness (QED) is 0.454. The summed E-state index contributed by atoms with van der Waals surface area (Å²) in [5, 5.41) is 6.44. The third kappa shape index (κ3) is 6.18. The molecule has 2 amide bonds. The molecule has 192 valence electrons. The maximum absolute atomic E-state index is 14.8. The van der Waals surface area contributed by atoms with E-state index in [2.05, 4.69) is 15.4 Å². The van der Waals surface area contributed by atoms with Gasteiger partial charge in [-0.1, -0.05) is 12.1 Å². The summed E-state index contributed by atoms with van der Waals surface area (Å²) in [5.41, 5.74) is 0.752. The molecule has 3 aromatic rings. The van der Waals surface area contributed by atoms with Crippen LogP contribution in [0.3, 0.4) is 0 Å². The first-order chi connectivity index (χ1) is 17.5. The second-order valence-corrected chi connectivity index (χ2v) is 8.35. The summed E-state index contributed by atoms with van der Waals surface area (Å²) in [4.78, 5) is 28.2. The Bertz CT molecular complexity index is 1410. The number of allylic oxidation sites excluding steroid dienone is 1. The fourth-order valence-corrected chi connectivity index (χ4v) is 3.74. The Balaban J connectivity index is 1.52. The van der Waals surface area contributed by atoms with Crippen LogP contribution in [0.15, 0.2) is 59.9 Å². The molecule has 0 bridgehead atoms. The molecule has 37 heavy (non-hydrogen) atoms. The highest BCUT2D eigenvalue weighted by Crippen LogP contribution is 2.33. The molecule has 4 rings (SSSR count). The van der Waals surface area contributed by atoms with Crippen LogP contribution >= 0.6 is 0 Å². The number of halogens is 4. The number of dihydropyridines is 1. The summed E-state index contributed by atoms with van der Waals surface area (Å²) >= 11 is 0. The minimum Gasteiger partial charge on any atom is -0.364 e. The van der Waals surface area contributed by atoms with Crippen LogP contribution in [-0.4, -0.2) is 40.5 Å². The van der Waals surface area contributed by atoms with Gasteiger partial charge in [0.2, 0.25) is 5.91 Å². The van der Waals surface area contributed by atoms with Crippen LogP contribution in [-0.2, 0) is 26.9 Å². The number of alkyl halides is 3. The molecule has 7 nitrogen and oxygen atoms in total. The van der Waals surface area contributed by atoms with Crippen LogP contribution < -0.4 is 5.32 Å². The molecule has 0 fully saturated rings. The zero-order chi connectivity index (χ0) is 26.7. The van der Waals surface area contributed by atoms with E-state index < -0.39 is 41.9 Å². The topological polar surface area (TPSA) is 85.6 Å². The number of anilines is 1. The van der Waals surface area contributed by atoms with E-state index in [1.165, 1.54) is 41.4 Å². The van der Waals surface area contributed by atoms with Gasteiger partial charge in [-0.3, -0.25) is 9.59 Å². The lowest BCUT2D eigenvalue weighted by Crippen LogP contribution is -2.23. The van der Waals surface area contributed by atoms with Crippen LogP contribution in [0.5, 0.6) is 0 Å². The van der Waals surface area contributed by atoms with Gasteiger partial charge in [0.15, 0.2) is 6.10 Å².